The fourth-order valence-electron chi connectivity index (χ4n) is 3.39. The molecule has 2 heterocycles. The zero-order valence-electron chi connectivity index (χ0n) is 19.3. The molecule has 0 fully saturated rings. The molecule has 3 aromatic rings. The fourth-order valence-corrected chi connectivity index (χ4v) is 3.39. The maximum Gasteiger partial charge on any atom is 0.320 e. The Balaban J connectivity index is 1.84. The molecule has 0 unspecified atom stereocenters. The van der Waals surface area contributed by atoms with Crippen molar-refractivity contribution >= 4 is 11.8 Å². The van der Waals surface area contributed by atoms with E-state index in [0.29, 0.717) is 25.5 Å². The van der Waals surface area contributed by atoms with E-state index in [9.17, 15) is 9.90 Å². The molecule has 9 heteroatoms. The molecule has 0 saturated heterocycles. The van der Waals surface area contributed by atoms with Crippen LogP contribution in [0.4, 0.5) is 10.6 Å². The van der Waals surface area contributed by atoms with Crippen LogP contribution in [0.2, 0.25) is 0 Å². The molecular weight excluding hydrogens is 420 g/mol. The zero-order chi connectivity index (χ0) is 23.6. The summed E-state index contributed by atoms with van der Waals surface area (Å²) in [5.41, 5.74) is 4.26. The second-order valence-corrected chi connectivity index (χ2v) is 7.64. The maximum absolute atomic E-state index is 12.8. The Hall–Kier alpha value is -3.27. The van der Waals surface area contributed by atoms with Crippen molar-refractivity contribution in [2.24, 2.45) is 0 Å². The number of para-hydroxylation sites is 1. The van der Waals surface area contributed by atoms with Crippen LogP contribution in [0.25, 0.3) is 16.9 Å². The summed E-state index contributed by atoms with van der Waals surface area (Å²) in [5.74, 6) is 0.553. The van der Waals surface area contributed by atoms with Crippen LogP contribution < -0.4 is 16.0 Å². The maximum atomic E-state index is 12.8. The minimum absolute atomic E-state index is 0.189. The molecule has 33 heavy (non-hydrogen) atoms. The lowest BCUT2D eigenvalue weighted by Gasteiger charge is -2.18. The molecule has 9 nitrogen and oxygen atoms in total. The lowest BCUT2D eigenvalue weighted by Crippen LogP contribution is -2.46. The third-order valence-corrected chi connectivity index (χ3v) is 5.24. The van der Waals surface area contributed by atoms with Crippen molar-refractivity contribution < 1.29 is 14.6 Å². The molecule has 1 aromatic carbocycles. The van der Waals surface area contributed by atoms with Crippen LogP contribution in [-0.4, -0.2) is 65.4 Å². The number of pyridine rings is 1. The molecule has 0 aliphatic rings. The Morgan fingerprint density at radius 3 is 2.64 bits per heavy atom. The Bertz CT molecular complexity index is 1020. The van der Waals surface area contributed by atoms with Gasteiger partial charge in [-0.2, -0.15) is 5.10 Å². The Morgan fingerprint density at radius 1 is 1.21 bits per heavy atom. The van der Waals surface area contributed by atoms with Gasteiger partial charge in [-0.25, -0.2) is 9.48 Å². The van der Waals surface area contributed by atoms with E-state index >= 15 is 0 Å². The number of rotatable bonds is 11. The van der Waals surface area contributed by atoms with Crippen molar-refractivity contribution in [3.63, 3.8) is 0 Å². The monoisotopic (exact) mass is 452 g/mol. The molecule has 0 aliphatic carbocycles. The lowest BCUT2D eigenvalue weighted by molar-refractivity contribution is 0.193. The van der Waals surface area contributed by atoms with Gasteiger partial charge in [-0.1, -0.05) is 25.1 Å². The number of urea groups is 1. The zero-order valence-corrected chi connectivity index (χ0v) is 19.3. The van der Waals surface area contributed by atoms with E-state index in [1.807, 2.05) is 49.4 Å². The van der Waals surface area contributed by atoms with Crippen molar-refractivity contribution in [3.8, 4) is 16.9 Å². The lowest BCUT2D eigenvalue weighted by atomic mass is 10.1. The Kier molecular flexibility index (Phi) is 8.94. The minimum Gasteiger partial charge on any atom is -0.394 e. The highest BCUT2D eigenvalue weighted by atomic mass is 16.5. The molecular formula is C24H32N6O3. The third kappa shape index (κ3) is 6.38. The van der Waals surface area contributed by atoms with E-state index in [1.165, 1.54) is 0 Å². The van der Waals surface area contributed by atoms with Gasteiger partial charge in [0.05, 0.1) is 30.6 Å². The van der Waals surface area contributed by atoms with Gasteiger partial charge in [0.25, 0.3) is 0 Å². The molecule has 2 aromatic heterocycles. The van der Waals surface area contributed by atoms with Gasteiger partial charge in [-0.3, -0.25) is 10.3 Å². The van der Waals surface area contributed by atoms with Crippen LogP contribution in [-0.2, 0) is 11.2 Å². The van der Waals surface area contributed by atoms with Crippen molar-refractivity contribution in [1.29, 1.82) is 0 Å². The van der Waals surface area contributed by atoms with Gasteiger partial charge in [0, 0.05) is 43.2 Å². The number of aliphatic hydroxyl groups excluding tert-OH is 1. The van der Waals surface area contributed by atoms with Gasteiger partial charge in [-0.15, -0.1) is 0 Å². The first kappa shape index (κ1) is 24.4. The molecule has 0 bridgehead atoms. The topological polar surface area (TPSA) is 113 Å². The molecule has 0 aliphatic heterocycles. The first-order chi connectivity index (χ1) is 16.1. The van der Waals surface area contributed by atoms with Crippen LogP contribution in [0.15, 0.2) is 48.7 Å². The molecule has 0 radical (unpaired) electrons. The van der Waals surface area contributed by atoms with E-state index in [-0.39, 0.29) is 6.61 Å². The number of nitrogens with one attached hydrogen (secondary N) is 3. The van der Waals surface area contributed by atoms with E-state index in [1.54, 1.807) is 18.0 Å². The molecule has 0 spiro atoms. The fraction of sp³-hybridized carbons (Fsp3) is 0.375. The summed E-state index contributed by atoms with van der Waals surface area (Å²) in [7, 11) is 1.62. The second kappa shape index (κ2) is 12.1. The van der Waals surface area contributed by atoms with Crippen molar-refractivity contribution in [3.05, 3.63) is 59.9 Å². The molecule has 176 valence electrons. The number of hydrogen-bond acceptors (Lipinski definition) is 6. The summed E-state index contributed by atoms with van der Waals surface area (Å²) >= 11 is 0. The minimum atomic E-state index is -0.444. The summed E-state index contributed by atoms with van der Waals surface area (Å²) in [6.45, 7) is 5.39. The highest BCUT2D eigenvalue weighted by molar-refractivity contribution is 5.91. The predicted molar refractivity (Wildman–Crippen MR) is 129 cm³/mol. The van der Waals surface area contributed by atoms with Crippen LogP contribution in [0.5, 0.6) is 0 Å². The average Bonchev–Trinajstić information content (AvgIpc) is 3.17. The van der Waals surface area contributed by atoms with E-state index in [2.05, 4.69) is 27.9 Å². The smallest absolute Gasteiger partial charge is 0.320 e. The summed E-state index contributed by atoms with van der Waals surface area (Å²) in [4.78, 5) is 17.3. The summed E-state index contributed by atoms with van der Waals surface area (Å²) in [6, 6.07) is 12.7. The number of aryl methyl sites for hydroxylation is 1. The van der Waals surface area contributed by atoms with E-state index < -0.39 is 12.1 Å². The number of nitrogens with zero attached hydrogens (tertiary/aromatic N) is 3. The van der Waals surface area contributed by atoms with Gasteiger partial charge in [-0.05, 0) is 37.6 Å². The van der Waals surface area contributed by atoms with E-state index in [0.717, 1.165) is 34.6 Å². The normalized spacial score (nSPS) is 11.9. The van der Waals surface area contributed by atoms with Crippen LogP contribution in [0.1, 0.15) is 18.2 Å². The Labute approximate surface area is 194 Å². The average molecular weight is 453 g/mol. The highest BCUT2D eigenvalue weighted by Gasteiger charge is 2.20. The SMILES string of the molecule is CCc1ccc(-c2nn(-c3ccccc3)c(NC(=O)N[C@@H](CO)CNCCOC)c2C)cn1. The summed E-state index contributed by atoms with van der Waals surface area (Å²) in [5, 5.41) is 23.3. The number of hydrogen-bond donors (Lipinski definition) is 4. The number of benzene rings is 1. The van der Waals surface area contributed by atoms with Crippen molar-refractivity contribution in [1.82, 2.24) is 25.4 Å². The molecule has 2 amide bonds. The van der Waals surface area contributed by atoms with Crippen LogP contribution in [0.3, 0.4) is 0 Å². The molecule has 0 saturated carbocycles. The summed E-state index contributed by atoms with van der Waals surface area (Å²) < 4.78 is 6.71. The first-order valence-corrected chi connectivity index (χ1v) is 11.1. The first-order valence-electron chi connectivity index (χ1n) is 11.1. The molecule has 4 N–H and O–H groups in total. The van der Waals surface area contributed by atoms with Gasteiger partial charge in [0.15, 0.2) is 0 Å². The van der Waals surface area contributed by atoms with Gasteiger partial charge in [0.2, 0.25) is 0 Å². The van der Waals surface area contributed by atoms with Gasteiger partial charge < -0.3 is 20.5 Å². The second-order valence-electron chi connectivity index (χ2n) is 7.64. The number of aliphatic hydroxyl groups is 1. The quantitative estimate of drug-likeness (QED) is 0.333. The predicted octanol–water partition coefficient (Wildman–Crippen LogP) is 2.52. The summed E-state index contributed by atoms with van der Waals surface area (Å²) in [6.07, 6.45) is 2.66. The number of amides is 2. The van der Waals surface area contributed by atoms with Crippen molar-refractivity contribution in [2.45, 2.75) is 26.3 Å². The number of anilines is 1. The van der Waals surface area contributed by atoms with Crippen LogP contribution >= 0.6 is 0 Å². The number of carbonyl (C=O) groups is 1. The highest BCUT2D eigenvalue weighted by Crippen LogP contribution is 2.30. The molecule has 3 rings (SSSR count). The number of aromatic nitrogens is 3. The standard InChI is InChI=1S/C24H32N6O3/c1-4-19-11-10-18(14-26-19)22-17(2)23(30(29-22)21-8-6-5-7-9-21)28-24(32)27-20(16-31)15-25-12-13-33-3/h5-11,14,20,25,31H,4,12-13,15-16H2,1-3H3,(H2,27,28,32)/t20-/m1/s1. The number of carbonyl (C=O) groups excluding carboxylic acids is 1. The van der Waals surface area contributed by atoms with Crippen molar-refractivity contribution in [2.75, 3.05) is 38.7 Å². The third-order valence-electron chi connectivity index (χ3n) is 5.24. The number of ether oxygens (including phenoxy) is 1. The van der Waals surface area contributed by atoms with Crippen LogP contribution in [0, 0.1) is 6.92 Å². The largest absolute Gasteiger partial charge is 0.394 e. The number of methoxy groups -OCH3 is 1. The Morgan fingerprint density at radius 2 is 2.00 bits per heavy atom. The van der Waals surface area contributed by atoms with E-state index in [4.69, 9.17) is 9.84 Å². The molecule has 1 atom stereocenters. The van der Waals surface area contributed by atoms with Gasteiger partial charge >= 0.3 is 6.03 Å². The van der Waals surface area contributed by atoms with Gasteiger partial charge in [0.1, 0.15) is 5.82 Å².